The van der Waals surface area contributed by atoms with Crippen LogP contribution in [0.5, 0.6) is 0 Å². The molecule has 0 atom stereocenters. The minimum Gasteiger partial charge on any atom is -0.310 e. The first-order chi connectivity index (χ1) is 33.8. The van der Waals surface area contributed by atoms with E-state index >= 15 is 0 Å². The Bertz CT molecular complexity index is 4010. The lowest BCUT2D eigenvalue weighted by molar-refractivity contribution is 0.753. The molecule has 0 unspecified atom stereocenters. The second-order valence-corrected chi connectivity index (χ2v) is 19.3. The molecule has 1 aromatic heterocycles. The number of hydrogen-bond donors (Lipinski definition) is 0. The highest BCUT2D eigenvalue weighted by atomic mass is 32.1. The van der Waals surface area contributed by atoms with Crippen LogP contribution in [0, 0.1) is 0 Å². The quantitative estimate of drug-likeness (QED) is 0.170. The fraction of sp³-hybridized carbons (Fsp3) is 0.0154. The first-order valence-electron chi connectivity index (χ1n) is 23.5. The van der Waals surface area contributed by atoms with E-state index in [0.29, 0.717) is 0 Å². The molecule has 316 valence electrons. The van der Waals surface area contributed by atoms with E-state index < -0.39 is 5.41 Å². The maximum absolute atomic E-state index is 2.58. The highest BCUT2D eigenvalue weighted by Gasteiger charge is 2.53. The maximum atomic E-state index is 2.58. The molecule has 12 aromatic rings. The molecule has 0 radical (unpaired) electrons. The van der Waals surface area contributed by atoms with Crippen molar-refractivity contribution < 1.29 is 0 Å². The number of nitrogens with zero attached hydrogens (tertiary/aromatic N) is 2. The van der Waals surface area contributed by atoms with Crippen LogP contribution in [0.3, 0.4) is 0 Å². The number of benzene rings is 11. The Labute approximate surface area is 398 Å². The predicted molar refractivity (Wildman–Crippen MR) is 287 cm³/mol. The first kappa shape index (κ1) is 37.7. The Kier molecular flexibility index (Phi) is 7.90. The number of fused-ring (bicyclic) bond motifs is 16. The highest BCUT2D eigenvalue weighted by Crippen LogP contribution is 2.67. The Morgan fingerprint density at radius 2 is 0.956 bits per heavy atom. The van der Waals surface area contributed by atoms with Gasteiger partial charge in [0.2, 0.25) is 0 Å². The van der Waals surface area contributed by atoms with Crippen LogP contribution in [0.15, 0.2) is 243 Å². The van der Waals surface area contributed by atoms with E-state index in [1.54, 1.807) is 0 Å². The van der Waals surface area contributed by atoms with Gasteiger partial charge in [-0.2, -0.15) is 0 Å². The molecule has 0 bridgehead atoms. The molecule has 15 rings (SSSR count). The zero-order valence-electron chi connectivity index (χ0n) is 36.9. The monoisotopic (exact) mass is 880 g/mol. The van der Waals surface area contributed by atoms with Gasteiger partial charge in [-0.1, -0.05) is 182 Å². The largest absolute Gasteiger partial charge is 0.310 e. The summed E-state index contributed by atoms with van der Waals surface area (Å²) in [6.45, 7) is 0. The van der Waals surface area contributed by atoms with Crippen LogP contribution in [0.4, 0.5) is 34.1 Å². The predicted octanol–water partition coefficient (Wildman–Crippen LogP) is 18.1. The van der Waals surface area contributed by atoms with Crippen LogP contribution in [0.2, 0.25) is 0 Å². The topological polar surface area (TPSA) is 6.48 Å². The van der Waals surface area contributed by atoms with Gasteiger partial charge in [0.25, 0.3) is 0 Å². The fourth-order valence-corrected chi connectivity index (χ4v) is 13.5. The van der Waals surface area contributed by atoms with E-state index in [1.165, 1.54) is 115 Å². The van der Waals surface area contributed by atoms with Gasteiger partial charge in [0.1, 0.15) is 0 Å². The van der Waals surface area contributed by atoms with Crippen molar-refractivity contribution in [2.24, 2.45) is 0 Å². The standard InChI is InChI=1S/C65H40N2S/c1-3-19-41(20-4-1)44-23-9-13-32-57(44)67(60-35-18-28-49-47-26-10-16-36-61(47)68-64(49)60)43-37-38-50-55(39-43)65(56-40-52-46-25-8-7-24-45(46)48-27-17-29-51(62(48)52)63(50)56)53-30-11-14-33-58(53)66(42-21-5-2-6-22-42)59-34-15-12-31-54(59)65/h1-40H. The molecule has 1 aliphatic heterocycles. The van der Waals surface area contributed by atoms with Gasteiger partial charge in [-0.25, -0.2) is 0 Å². The summed E-state index contributed by atoms with van der Waals surface area (Å²) in [5.74, 6) is 0. The number of anilines is 6. The molecule has 11 aromatic carbocycles. The third-order valence-corrected chi connectivity index (χ3v) is 16.2. The highest BCUT2D eigenvalue weighted by molar-refractivity contribution is 7.26. The third kappa shape index (κ3) is 5.01. The molecule has 2 heterocycles. The molecule has 0 fully saturated rings. The Morgan fingerprint density at radius 3 is 1.75 bits per heavy atom. The maximum Gasteiger partial charge on any atom is 0.0755 e. The van der Waals surface area contributed by atoms with Gasteiger partial charge in [0.05, 0.1) is 32.9 Å². The fourth-order valence-electron chi connectivity index (χ4n) is 12.3. The molecule has 1 spiro atoms. The molecule has 3 heteroatoms. The second-order valence-electron chi connectivity index (χ2n) is 18.3. The summed E-state index contributed by atoms with van der Waals surface area (Å²) in [5, 5.41) is 5.21. The van der Waals surface area contributed by atoms with Gasteiger partial charge in [0, 0.05) is 32.4 Å². The van der Waals surface area contributed by atoms with E-state index in [1.807, 2.05) is 11.3 Å². The normalized spacial score (nSPS) is 13.4. The van der Waals surface area contributed by atoms with Crippen molar-refractivity contribution in [1.82, 2.24) is 0 Å². The molecule has 2 aliphatic carbocycles. The summed E-state index contributed by atoms with van der Waals surface area (Å²) < 4.78 is 2.56. The van der Waals surface area contributed by atoms with Crippen molar-refractivity contribution in [3.05, 3.63) is 265 Å². The van der Waals surface area contributed by atoms with E-state index in [9.17, 15) is 0 Å². The lowest BCUT2D eigenvalue weighted by Gasteiger charge is -2.45. The number of para-hydroxylation sites is 4. The lowest BCUT2D eigenvalue weighted by atomic mass is 9.64. The molecule has 0 N–H and O–H groups in total. The summed E-state index contributed by atoms with van der Waals surface area (Å²) in [6.07, 6.45) is 0. The zero-order valence-corrected chi connectivity index (χ0v) is 37.7. The summed E-state index contributed by atoms with van der Waals surface area (Å²) in [4.78, 5) is 5.03. The van der Waals surface area contributed by atoms with Gasteiger partial charge in [-0.05, 0) is 133 Å². The third-order valence-electron chi connectivity index (χ3n) is 15.0. The molecule has 2 nitrogen and oxygen atoms in total. The average Bonchev–Trinajstić information content (AvgIpc) is 4.05. The van der Waals surface area contributed by atoms with Gasteiger partial charge >= 0.3 is 0 Å². The summed E-state index contributed by atoms with van der Waals surface area (Å²) in [7, 11) is 0. The van der Waals surface area contributed by atoms with Gasteiger partial charge in [0.15, 0.2) is 0 Å². The summed E-state index contributed by atoms with van der Waals surface area (Å²) in [5.41, 5.74) is 21.6. The number of hydrogen-bond acceptors (Lipinski definition) is 3. The van der Waals surface area contributed by atoms with E-state index in [-0.39, 0.29) is 0 Å². The number of rotatable bonds is 5. The van der Waals surface area contributed by atoms with Crippen molar-refractivity contribution in [2.45, 2.75) is 5.41 Å². The molecule has 68 heavy (non-hydrogen) atoms. The van der Waals surface area contributed by atoms with Crippen LogP contribution in [-0.4, -0.2) is 0 Å². The van der Waals surface area contributed by atoms with Crippen LogP contribution in [-0.2, 0) is 5.41 Å². The minimum atomic E-state index is -0.675. The Hall–Kier alpha value is -8.50. The average molecular weight is 881 g/mol. The molecule has 0 amide bonds. The smallest absolute Gasteiger partial charge is 0.0755 e. The van der Waals surface area contributed by atoms with Gasteiger partial charge in [-0.3, -0.25) is 0 Å². The zero-order chi connectivity index (χ0) is 44.5. The summed E-state index contributed by atoms with van der Waals surface area (Å²) in [6, 6.07) is 90.8. The SMILES string of the molecule is c1ccc(-c2ccccc2N(c2ccc3c(c2)C2(c4ccccc4N(c4ccccc4)c4ccccc42)c2cc4c5c(cccc5c2-3)-c2ccccc2-4)c2cccc3c2sc2ccccc23)cc1. The van der Waals surface area contributed by atoms with Crippen molar-refractivity contribution >= 4 is 76.4 Å². The van der Waals surface area contributed by atoms with Crippen LogP contribution in [0.25, 0.3) is 75.5 Å². The van der Waals surface area contributed by atoms with E-state index in [4.69, 9.17) is 0 Å². The lowest BCUT2D eigenvalue weighted by Crippen LogP contribution is -2.36. The van der Waals surface area contributed by atoms with E-state index in [0.717, 1.165) is 17.1 Å². The van der Waals surface area contributed by atoms with Crippen LogP contribution < -0.4 is 9.80 Å². The van der Waals surface area contributed by atoms with Crippen LogP contribution in [0.1, 0.15) is 22.3 Å². The van der Waals surface area contributed by atoms with Crippen molar-refractivity contribution in [2.75, 3.05) is 9.80 Å². The van der Waals surface area contributed by atoms with Crippen molar-refractivity contribution in [1.29, 1.82) is 0 Å². The Morgan fingerprint density at radius 1 is 0.368 bits per heavy atom. The molecule has 3 aliphatic rings. The van der Waals surface area contributed by atoms with Crippen molar-refractivity contribution in [3.8, 4) is 44.5 Å². The van der Waals surface area contributed by atoms with Crippen molar-refractivity contribution in [3.63, 3.8) is 0 Å². The molecule has 0 saturated carbocycles. The molecular formula is C65H40N2S. The van der Waals surface area contributed by atoms with E-state index in [2.05, 4.69) is 252 Å². The molecular weight excluding hydrogens is 841 g/mol. The molecule has 0 saturated heterocycles. The van der Waals surface area contributed by atoms with Crippen LogP contribution >= 0.6 is 11.3 Å². The minimum absolute atomic E-state index is 0.675. The first-order valence-corrected chi connectivity index (χ1v) is 24.3. The van der Waals surface area contributed by atoms with Gasteiger partial charge in [-0.15, -0.1) is 11.3 Å². The summed E-state index contributed by atoms with van der Waals surface area (Å²) >= 11 is 1.88. The number of thiophene rings is 1. The van der Waals surface area contributed by atoms with Gasteiger partial charge < -0.3 is 9.80 Å². The second kappa shape index (κ2) is 14.3. The Balaban J connectivity index is 1.09.